The molecule has 0 bridgehead atoms. The van der Waals surface area contributed by atoms with Gasteiger partial charge in [0.2, 0.25) is 0 Å². The summed E-state index contributed by atoms with van der Waals surface area (Å²) in [6.07, 6.45) is 1.71. The molecular weight excluding hydrogens is 248 g/mol. The fourth-order valence-electron chi connectivity index (χ4n) is 1.70. The Balaban J connectivity index is 2.17. The number of imidazole rings is 1. The first kappa shape index (κ1) is 12.9. The molecule has 0 spiro atoms. The van der Waals surface area contributed by atoms with E-state index in [1.54, 1.807) is 12.3 Å². The number of nitrogens with zero attached hydrogens (tertiary/aromatic N) is 2. The Morgan fingerprint density at radius 3 is 2.89 bits per heavy atom. The minimum absolute atomic E-state index is 0.0177. The van der Waals surface area contributed by atoms with Crippen molar-refractivity contribution in [1.82, 2.24) is 9.97 Å². The molecule has 100 valence electrons. The van der Waals surface area contributed by atoms with Crippen LogP contribution in [-0.2, 0) is 6.54 Å². The van der Waals surface area contributed by atoms with E-state index in [-0.39, 0.29) is 5.69 Å². The number of aryl methyl sites for hydroxylation is 1. The molecule has 0 saturated carbocycles. The Kier molecular flexibility index (Phi) is 3.65. The molecule has 0 amide bonds. The van der Waals surface area contributed by atoms with Gasteiger partial charge in [-0.2, -0.15) is 0 Å². The van der Waals surface area contributed by atoms with Crippen LogP contribution < -0.4 is 10.1 Å². The number of H-pyrrole nitrogens is 1. The average Bonchev–Trinajstić information content (AvgIpc) is 2.81. The topological polar surface area (TPSA) is 93.1 Å². The van der Waals surface area contributed by atoms with Gasteiger partial charge in [0.1, 0.15) is 11.6 Å². The van der Waals surface area contributed by atoms with Crippen LogP contribution in [0, 0.1) is 17.0 Å². The summed E-state index contributed by atoms with van der Waals surface area (Å²) in [5, 5.41) is 13.8. The number of methoxy groups -OCH3 is 1. The van der Waals surface area contributed by atoms with Gasteiger partial charge in [-0.15, -0.1) is 0 Å². The van der Waals surface area contributed by atoms with E-state index in [0.717, 1.165) is 11.5 Å². The standard InChI is InChI=1S/C12H14N4O3/c1-8-13-6-9(15-8)7-14-11-5-10(16(17)18)3-4-12(11)19-2/h3-6,14H,7H2,1-2H3,(H,13,15). The van der Waals surface area contributed by atoms with E-state index in [0.29, 0.717) is 18.0 Å². The highest BCUT2D eigenvalue weighted by Crippen LogP contribution is 2.29. The van der Waals surface area contributed by atoms with E-state index in [2.05, 4.69) is 15.3 Å². The lowest BCUT2D eigenvalue weighted by atomic mass is 10.2. The van der Waals surface area contributed by atoms with Crippen LogP contribution in [0.15, 0.2) is 24.4 Å². The second-order valence-electron chi connectivity index (χ2n) is 3.99. The third-order valence-electron chi connectivity index (χ3n) is 2.62. The van der Waals surface area contributed by atoms with Crippen LogP contribution in [0.1, 0.15) is 11.5 Å². The summed E-state index contributed by atoms with van der Waals surface area (Å²) in [5.41, 5.74) is 1.49. The summed E-state index contributed by atoms with van der Waals surface area (Å²) in [6, 6.07) is 4.42. The second-order valence-corrected chi connectivity index (χ2v) is 3.99. The van der Waals surface area contributed by atoms with Gasteiger partial charge in [-0.1, -0.05) is 0 Å². The van der Waals surface area contributed by atoms with E-state index >= 15 is 0 Å². The molecule has 7 nitrogen and oxygen atoms in total. The first-order valence-electron chi connectivity index (χ1n) is 5.67. The summed E-state index contributed by atoms with van der Waals surface area (Å²) in [4.78, 5) is 17.5. The minimum atomic E-state index is -0.440. The van der Waals surface area contributed by atoms with Crippen LogP contribution >= 0.6 is 0 Å². The van der Waals surface area contributed by atoms with Crippen molar-refractivity contribution in [1.29, 1.82) is 0 Å². The zero-order valence-corrected chi connectivity index (χ0v) is 10.6. The smallest absolute Gasteiger partial charge is 0.271 e. The highest BCUT2D eigenvalue weighted by molar-refractivity contribution is 5.61. The number of nitro benzene ring substituents is 1. The number of anilines is 1. The highest BCUT2D eigenvalue weighted by atomic mass is 16.6. The number of rotatable bonds is 5. The number of non-ortho nitro benzene ring substituents is 1. The third-order valence-corrected chi connectivity index (χ3v) is 2.62. The molecule has 0 saturated heterocycles. The molecular formula is C12H14N4O3. The van der Waals surface area contributed by atoms with E-state index in [1.807, 2.05) is 6.92 Å². The SMILES string of the molecule is COc1ccc([N+](=O)[O-])cc1NCc1cnc(C)[nH]1. The molecule has 1 aromatic heterocycles. The molecule has 19 heavy (non-hydrogen) atoms. The Morgan fingerprint density at radius 2 is 2.32 bits per heavy atom. The van der Waals surface area contributed by atoms with E-state index in [9.17, 15) is 10.1 Å². The van der Waals surface area contributed by atoms with E-state index < -0.39 is 4.92 Å². The van der Waals surface area contributed by atoms with Gasteiger partial charge in [0.05, 0.1) is 36.2 Å². The largest absolute Gasteiger partial charge is 0.495 e. The Labute approximate surface area is 109 Å². The minimum Gasteiger partial charge on any atom is -0.495 e. The van der Waals surface area contributed by atoms with Crippen molar-refractivity contribution in [2.75, 3.05) is 12.4 Å². The summed E-state index contributed by atoms with van der Waals surface area (Å²) in [6.45, 7) is 2.34. The number of aromatic nitrogens is 2. The molecule has 2 aromatic rings. The van der Waals surface area contributed by atoms with Crippen LogP contribution in [-0.4, -0.2) is 22.0 Å². The molecule has 0 aliphatic rings. The van der Waals surface area contributed by atoms with Crippen molar-refractivity contribution in [2.24, 2.45) is 0 Å². The van der Waals surface area contributed by atoms with E-state index in [4.69, 9.17) is 4.74 Å². The van der Waals surface area contributed by atoms with Crippen LogP contribution in [0.25, 0.3) is 0 Å². The Morgan fingerprint density at radius 1 is 1.53 bits per heavy atom. The first-order valence-corrected chi connectivity index (χ1v) is 5.67. The molecule has 7 heteroatoms. The van der Waals surface area contributed by atoms with Gasteiger partial charge in [-0.05, 0) is 13.0 Å². The monoisotopic (exact) mass is 262 g/mol. The van der Waals surface area contributed by atoms with Crippen LogP contribution in [0.2, 0.25) is 0 Å². The lowest BCUT2D eigenvalue weighted by Crippen LogP contribution is -2.02. The first-order chi connectivity index (χ1) is 9.10. The molecule has 0 unspecified atom stereocenters. The fraction of sp³-hybridized carbons (Fsp3) is 0.250. The molecule has 0 aliphatic heterocycles. The summed E-state index contributed by atoms with van der Waals surface area (Å²) in [7, 11) is 1.52. The van der Waals surface area contributed by atoms with Gasteiger partial charge in [0, 0.05) is 12.1 Å². The highest BCUT2D eigenvalue weighted by Gasteiger charge is 2.11. The quantitative estimate of drug-likeness (QED) is 0.636. The number of hydrogen-bond acceptors (Lipinski definition) is 5. The number of aromatic amines is 1. The zero-order valence-electron chi connectivity index (χ0n) is 10.6. The summed E-state index contributed by atoms with van der Waals surface area (Å²) < 4.78 is 5.16. The Bertz CT molecular complexity index is 594. The molecule has 1 aromatic carbocycles. The summed E-state index contributed by atoms with van der Waals surface area (Å²) in [5.74, 6) is 1.38. The maximum absolute atomic E-state index is 10.8. The fourth-order valence-corrected chi connectivity index (χ4v) is 1.70. The van der Waals surface area contributed by atoms with Gasteiger partial charge in [-0.25, -0.2) is 4.98 Å². The number of benzene rings is 1. The van der Waals surface area contributed by atoms with Gasteiger partial charge < -0.3 is 15.0 Å². The van der Waals surface area contributed by atoms with Crippen molar-refractivity contribution in [3.8, 4) is 5.75 Å². The summed E-state index contributed by atoms with van der Waals surface area (Å²) >= 11 is 0. The van der Waals surface area contributed by atoms with Crippen molar-refractivity contribution in [3.05, 3.63) is 46.0 Å². The lowest BCUT2D eigenvalue weighted by Gasteiger charge is -2.10. The number of nitro groups is 1. The molecule has 0 atom stereocenters. The third kappa shape index (κ3) is 3.01. The second kappa shape index (κ2) is 5.38. The molecule has 0 radical (unpaired) electrons. The Hall–Kier alpha value is -2.57. The molecule has 0 fully saturated rings. The van der Waals surface area contributed by atoms with Crippen molar-refractivity contribution < 1.29 is 9.66 Å². The van der Waals surface area contributed by atoms with Crippen LogP contribution in [0.3, 0.4) is 0 Å². The molecule has 2 rings (SSSR count). The average molecular weight is 262 g/mol. The number of nitrogens with one attached hydrogen (secondary N) is 2. The molecule has 0 aliphatic carbocycles. The van der Waals surface area contributed by atoms with Gasteiger partial charge >= 0.3 is 0 Å². The predicted octanol–water partition coefficient (Wildman–Crippen LogP) is 2.25. The zero-order chi connectivity index (χ0) is 13.8. The van der Waals surface area contributed by atoms with Crippen molar-refractivity contribution >= 4 is 11.4 Å². The van der Waals surface area contributed by atoms with Gasteiger partial charge in [0.15, 0.2) is 0 Å². The van der Waals surface area contributed by atoms with Crippen LogP contribution in [0.5, 0.6) is 5.75 Å². The normalized spacial score (nSPS) is 10.2. The van der Waals surface area contributed by atoms with Crippen molar-refractivity contribution in [2.45, 2.75) is 13.5 Å². The van der Waals surface area contributed by atoms with Gasteiger partial charge in [0.25, 0.3) is 5.69 Å². The van der Waals surface area contributed by atoms with Crippen LogP contribution in [0.4, 0.5) is 11.4 Å². The predicted molar refractivity (Wildman–Crippen MR) is 70.3 cm³/mol. The lowest BCUT2D eigenvalue weighted by molar-refractivity contribution is -0.384. The maximum Gasteiger partial charge on any atom is 0.271 e. The maximum atomic E-state index is 10.8. The molecule has 2 N–H and O–H groups in total. The number of ether oxygens (including phenoxy) is 1. The molecule has 1 heterocycles. The number of hydrogen-bond donors (Lipinski definition) is 2. The van der Waals surface area contributed by atoms with Crippen molar-refractivity contribution in [3.63, 3.8) is 0 Å². The van der Waals surface area contributed by atoms with Gasteiger partial charge in [-0.3, -0.25) is 10.1 Å². The van der Waals surface area contributed by atoms with E-state index in [1.165, 1.54) is 19.2 Å².